The van der Waals surface area contributed by atoms with Gasteiger partial charge in [-0.05, 0) is 65.7 Å². The van der Waals surface area contributed by atoms with Crippen LogP contribution in [0.25, 0.3) is 16.6 Å². The number of amides is 2. The van der Waals surface area contributed by atoms with Crippen LogP contribution < -0.4 is 10.9 Å². The van der Waals surface area contributed by atoms with Gasteiger partial charge >= 0.3 is 6.03 Å². The molecular weight excluding hydrogens is 492 g/mol. The molecule has 0 radical (unpaired) electrons. The summed E-state index contributed by atoms with van der Waals surface area (Å²) in [6.07, 6.45) is 1.76. The van der Waals surface area contributed by atoms with Crippen molar-refractivity contribution in [2.45, 2.75) is 32.7 Å². The van der Waals surface area contributed by atoms with E-state index in [9.17, 15) is 9.59 Å². The zero-order valence-corrected chi connectivity index (χ0v) is 20.8. The Kier molecular flexibility index (Phi) is 7.43. The minimum atomic E-state index is -0.452. The quantitative estimate of drug-likeness (QED) is 0.301. The van der Waals surface area contributed by atoms with E-state index < -0.39 is 6.04 Å². The van der Waals surface area contributed by atoms with E-state index in [-0.39, 0.29) is 11.6 Å². The third kappa shape index (κ3) is 4.89. The molecule has 3 aromatic carbocycles. The van der Waals surface area contributed by atoms with Crippen LogP contribution in [-0.4, -0.2) is 27.0 Å². The van der Waals surface area contributed by atoms with Crippen molar-refractivity contribution in [2.24, 2.45) is 0 Å². The van der Waals surface area contributed by atoms with Gasteiger partial charge in [0.25, 0.3) is 5.56 Å². The molecule has 1 heterocycles. The number of hydrogen-bond acceptors (Lipinski definition) is 3. The molecule has 1 aromatic heterocycles. The van der Waals surface area contributed by atoms with Crippen molar-refractivity contribution in [1.82, 2.24) is 14.5 Å². The van der Waals surface area contributed by atoms with E-state index in [0.29, 0.717) is 34.6 Å². The Morgan fingerprint density at radius 3 is 2.44 bits per heavy atom. The lowest BCUT2D eigenvalue weighted by Crippen LogP contribution is -2.40. The van der Waals surface area contributed by atoms with Gasteiger partial charge in [-0.2, -0.15) is 0 Å². The largest absolute Gasteiger partial charge is 0.322 e. The van der Waals surface area contributed by atoms with Gasteiger partial charge in [0.1, 0.15) is 5.82 Å². The van der Waals surface area contributed by atoms with Gasteiger partial charge in [-0.3, -0.25) is 9.36 Å². The minimum absolute atomic E-state index is 0.152. The molecule has 0 aliphatic rings. The summed E-state index contributed by atoms with van der Waals surface area (Å²) in [7, 11) is 0. The SMILES string of the molecule is CCCCN(C(=O)Nc1ccccc1Br)C(C)c1nc2ccccc2c(=O)n1-c1ccccc1. The molecule has 0 saturated heterocycles. The molecular formula is C27H27BrN4O2. The zero-order chi connectivity index (χ0) is 24.1. The lowest BCUT2D eigenvalue weighted by molar-refractivity contribution is 0.188. The Balaban J connectivity index is 1.82. The molecule has 6 nitrogen and oxygen atoms in total. The highest BCUT2D eigenvalue weighted by Crippen LogP contribution is 2.26. The Morgan fingerprint density at radius 2 is 1.71 bits per heavy atom. The van der Waals surface area contributed by atoms with E-state index in [4.69, 9.17) is 4.98 Å². The van der Waals surface area contributed by atoms with Gasteiger partial charge in [-0.1, -0.05) is 55.8 Å². The molecule has 4 aromatic rings. The Hall–Kier alpha value is -3.45. The van der Waals surface area contributed by atoms with Gasteiger partial charge in [0, 0.05) is 11.0 Å². The van der Waals surface area contributed by atoms with Crippen LogP contribution in [0.4, 0.5) is 10.5 Å². The standard InChI is InChI=1S/C27H27BrN4O2/c1-3-4-18-31(27(34)30-24-17-11-9-15-22(24)28)19(2)25-29-23-16-10-8-14-21(23)26(33)32(25)20-12-6-5-7-13-20/h5-17,19H,3-4,18H2,1-2H3,(H,30,34). The maximum absolute atomic E-state index is 13.6. The van der Waals surface area contributed by atoms with Crippen LogP contribution >= 0.6 is 15.9 Å². The average Bonchev–Trinajstić information content (AvgIpc) is 2.86. The van der Waals surface area contributed by atoms with Crippen molar-refractivity contribution in [3.8, 4) is 5.69 Å². The number of fused-ring (bicyclic) bond motifs is 1. The van der Waals surface area contributed by atoms with Crippen molar-refractivity contribution in [2.75, 3.05) is 11.9 Å². The molecule has 1 unspecified atom stereocenters. The topological polar surface area (TPSA) is 67.2 Å². The summed E-state index contributed by atoms with van der Waals surface area (Å²) in [5, 5.41) is 3.55. The second-order valence-electron chi connectivity index (χ2n) is 8.10. The van der Waals surface area contributed by atoms with Crippen molar-refractivity contribution in [1.29, 1.82) is 0 Å². The smallest absolute Gasteiger partial charge is 0.315 e. The number of hydrogen-bond donors (Lipinski definition) is 1. The van der Waals surface area contributed by atoms with E-state index in [2.05, 4.69) is 28.2 Å². The maximum atomic E-state index is 13.6. The molecule has 0 aliphatic heterocycles. The fraction of sp³-hybridized carbons (Fsp3) is 0.222. The molecule has 2 amide bonds. The van der Waals surface area contributed by atoms with Crippen molar-refractivity contribution < 1.29 is 4.79 Å². The number of aromatic nitrogens is 2. The first-order valence-electron chi connectivity index (χ1n) is 11.4. The Labute approximate surface area is 207 Å². The highest BCUT2D eigenvalue weighted by atomic mass is 79.9. The van der Waals surface area contributed by atoms with Gasteiger partial charge in [-0.15, -0.1) is 0 Å². The van der Waals surface area contributed by atoms with Gasteiger partial charge < -0.3 is 10.2 Å². The second kappa shape index (κ2) is 10.7. The minimum Gasteiger partial charge on any atom is -0.315 e. The number of benzene rings is 3. The first kappa shape index (κ1) is 23.7. The van der Waals surface area contributed by atoms with Crippen LogP contribution in [0.3, 0.4) is 0 Å². The summed E-state index contributed by atoms with van der Waals surface area (Å²) >= 11 is 3.50. The number of halogens is 1. The monoisotopic (exact) mass is 518 g/mol. The van der Waals surface area contributed by atoms with Crippen LogP contribution in [0.1, 0.15) is 38.6 Å². The number of urea groups is 1. The third-order valence-electron chi connectivity index (χ3n) is 5.79. The molecule has 4 rings (SSSR count). The van der Waals surface area contributed by atoms with Crippen molar-refractivity contribution >= 4 is 38.6 Å². The molecule has 0 bridgehead atoms. The number of anilines is 1. The van der Waals surface area contributed by atoms with Crippen LogP contribution in [0, 0.1) is 0 Å². The molecule has 0 aliphatic carbocycles. The molecule has 1 atom stereocenters. The zero-order valence-electron chi connectivity index (χ0n) is 19.2. The summed E-state index contributed by atoms with van der Waals surface area (Å²) in [6.45, 7) is 4.54. The fourth-order valence-electron chi connectivity index (χ4n) is 3.95. The molecule has 174 valence electrons. The molecule has 34 heavy (non-hydrogen) atoms. The lowest BCUT2D eigenvalue weighted by atomic mass is 10.1. The van der Waals surface area contributed by atoms with Crippen LogP contribution in [0.15, 0.2) is 88.1 Å². The molecule has 0 fully saturated rings. The van der Waals surface area contributed by atoms with E-state index in [1.807, 2.05) is 79.7 Å². The Morgan fingerprint density at radius 1 is 1.03 bits per heavy atom. The normalized spacial score (nSPS) is 11.9. The van der Waals surface area contributed by atoms with Gasteiger partial charge in [0.05, 0.1) is 28.3 Å². The predicted molar refractivity (Wildman–Crippen MR) is 141 cm³/mol. The number of nitrogens with zero attached hydrogens (tertiary/aromatic N) is 3. The second-order valence-corrected chi connectivity index (χ2v) is 8.95. The number of para-hydroxylation sites is 3. The predicted octanol–water partition coefficient (Wildman–Crippen LogP) is 6.54. The van der Waals surface area contributed by atoms with E-state index >= 15 is 0 Å². The fourth-order valence-corrected chi connectivity index (χ4v) is 4.33. The van der Waals surface area contributed by atoms with Gasteiger partial charge in [0.15, 0.2) is 0 Å². The van der Waals surface area contributed by atoms with Gasteiger partial charge in [0.2, 0.25) is 0 Å². The lowest BCUT2D eigenvalue weighted by Gasteiger charge is -2.30. The summed E-state index contributed by atoms with van der Waals surface area (Å²) in [5.41, 5.74) is 1.87. The first-order valence-corrected chi connectivity index (χ1v) is 12.2. The number of carbonyl (C=O) groups excluding carboxylic acids is 1. The summed E-state index contributed by atoms with van der Waals surface area (Å²) in [5.74, 6) is 0.522. The van der Waals surface area contributed by atoms with Crippen molar-refractivity contribution in [3.63, 3.8) is 0 Å². The van der Waals surface area contributed by atoms with Crippen LogP contribution in [0.5, 0.6) is 0 Å². The highest BCUT2D eigenvalue weighted by Gasteiger charge is 2.27. The van der Waals surface area contributed by atoms with Crippen LogP contribution in [0.2, 0.25) is 0 Å². The van der Waals surface area contributed by atoms with E-state index in [1.165, 1.54) is 0 Å². The molecule has 1 N–H and O–H groups in total. The summed E-state index contributed by atoms with van der Waals surface area (Å²) in [6, 6.07) is 23.6. The van der Waals surface area contributed by atoms with Gasteiger partial charge in [-0.25, -0.2) is 9.78 Å². The first-order chi connectivity index (χ1) is 16.5. The molecule has 7 heteroatoms. The summed E-state index contributed by atoms with van der Waals surface area (Å²) < 4.78 is 2.42. The number of nitrogens with one attached hydrogen (secondary N) is 1. The number of rotatable bonds is 7. The molecule has 0 saturated carbocycles. The highest BCUT2D eigenvalue weighted by molar-refractivity contribution is 9.10. The maximum Gasteiger partial charge on any atom is 0.322 e. The average molecular weight is 519 g/mol. The van der Waals surface area contributed by atoms with E-state index in [0.717, 1.165) is 17.3 Å². The third-order valence-corrected chi connectivity index (χ3v) is 6.48. The Bertz CT molecular complexity index is 1350. The van der Waals surface area contributed by atoms with E-state index in [1.54, 1.807) is 15.5 Å². The number of carbonyl (C=O) groups is 1. The molecule has 0 spiro atoms. The number of unbranched alkanes of at least 4 members (excludes halogenated alkanes) is 1. The van der Waals surface area contributed by atoms with Crippen LogP contribution in [-0.2, 0) is 0 Å². The summed E-state index contributed by atoms with van der Waals surface area (Å²) in [4.78, 5) is 33.7. The van der Waals surface area contributed by atoms with Crippen molar-refractivity contribution in [3.05, 3.63) is 99.5 Å².